The molecule has 2 aliphatic carbocycles. The van der Waals surface area contributed by atoms with Crippen LogP contribution < -0.4 is 0 Å². The molecule has 76 valence electrons. The zero-order chi connectivity index (χ0) is 9.85. The molecule has 0 heterocycles. The monoisotopic (exact) mass is 198 g/mol. The minimum Gasteiger partial charge on any atom is -0.106 e. The average Bonchev–Trinajstić information content (AvgIpc) is 2.70. The second-order valence-corrected chi connectivity index (χ2v) is 8.73. The van der Waals surface area contributed by atoms with E-state index in [1.165, 1.54) is 6.16 Å². The standard InChI is InChI=1S/C12H23P/c1-9(2)6-13(5)10(3)12-7-11(12,4)8-12/h9-10H,6-8H2,1-5H3. The molecule has 2 aliphatic rings. The van der Waals surface area contributed by atoms with Gasteiger partial charge in [0.05, 0.1) is 0 Å². The minimum atomic E-state index is 0.303. The summed E-state index contributed by atoms with van der Waals surface area (Å²) >= 11 is 0. The first-order chi connectivity index (χ1) is 5.91. The van der Waals surface area contributed by atoms with Gasteiger partial charge in [-0.05, 0) is 48.1 Å². The summed E-state index contributed by atoms with van der Waals surface area (Å²) in [6.45, 7) is 12.3. The van der Waals surface area contributed by atoms with Crippen LogP contribution in [0.3, 0.4) is 0 Å². The fourth-order valence-corrected chi connectivity index (χ4v) is 6.01. The molecule has 0 saturated heterocycles. The van der Waals surface area contributed by atoms with Gasteiger partial charge in [0.1, 0.15) is 0 Å². The van der Waals surface area contributed by atoms with Crippen LogP contribution in [0.1, 0.15) is 40.5 Å². The van der Waals surface area contributed by atoms with E-state index in [0.717, 1.165) is 22.4 Å². The highest BCUT2D eigenvalue weighted by atomic mass is 31.1. The average molecular weight is 198 g/mol. The molecule has 2 rings (SSSR count). The third-order valence-corrected chi connectivity index (χ3v) is 7.60. The third kappa shape index (κ3) is 1.37. The van der Waals surface area contributed by atoms with Gasteiger partial charge in [-0.15, -0.1) is 7.92 Å². The van der Waals surface area contributed by atoms with Gasteiger partial charge in [-0.3, -0.25) is 0 Å². The molecular weight excluding hydrogens is 175 g/mol. The lowest BCUT2D eigenvalue weighted by Gasteiger charge is -2.24. The third-order valence-electron chi connectivity index (χ3n) is 4.48. The molecule has 1 heteroatoms. The van der Waals surface area contributed by atoms with Crippen LogP contribution in [0.25, 0.3) is 0 Å². The first-order valence-corrected chi connectivity index (χ1v) is 7.66. The van der Waals surface area contributed by atoms with Crippen molar-refractivity contribution >= 4 is 7.92 Å². The Labute approximate surface area is 84.2 Å². The van der Waals surface area contributed by atoms with Gasteiger partial charge in [0.15, 0.2) is 0 Å². The molecule has 2 saturated carbocycles. The van der Waals surface area contributed by atoms with E-state index in [1.54, 1.807) is 12.8 Å². The van der Waals surface area contributed by atoms with Gasteiger partial charge in [-0.1, -0.05) is 27.7 Å². The second-order valence-electron chi connectivity index (χ2n) is 6.08. The van der Waals surface area contributed by atoms with Crippen molar-refractivity contribution in [2.24, 2.45) is 16.7 Å². The number of rotatable bonds is 4. The molecule has 0 radical (unpaired) electrons. The molecule has 13 heavy (non-hydrogen) atoms. The van der Waals surface area contributed by atoms with E-state index in [1.807, 2.05) is 0 Å². The maximum Gasteiger partial charge on any atom is -0.0168 e. The van der Waals surface area contributed by atoms with Crippen molar-refractivity contribution in [3.63, 3.8) is 0 Å². The SMILES string of the molecule is CC(C)CP(C)C(C)C12CC1(C)C2. The molecule has 0 amide bonds. The van der Waals surface area contributed by atoms with Crippen LogP contribution >= 0.6 is 7.92 Å². The van der Waals surface area contributed by atoms with Crippen LogP contribution in [0.2, 0.25) is 0 Å². The van der Waals surface area contributed by atoms with Gasteiger partial charge in [-0.2, -0.15) is 0 Å². The van der Waals surface area contributed by atoms with Crippen LogP contribution in [0.15, 0.2) is 0 Å². The van der Waals surface area contributed by atoms with E-state index in [9.17, 15) is 0 Å². The van der Waals surface area contributed by atoms with Crippen molar-refractivity contribution in [2.45, 2.75) is 46.2 Å². The normalized spacial score (nSPS) is 45.7. The van der Waals surface area contributed by atoms with E-state index in [-0.39, 0.29) is 0 Å². The van der Waals surface area contributed by atoms with Gasteiger partial charge >= 0.3 is 0 Å². The van der Waals surface area contributed by atoms with E-state index < -0.39 is 0 Å². The Morgan fingerprint density at radius 2 is 1.69 bits per heavy atom. The molecule has 0 bridgehead atoms. The predicted octanol–water partition coefficient (Wildman–Crippen LogP) is 3.94. The summed E-state index contributed by atoms with van der Waals surface area (Å²) in [5.74, 6) is 0.902. The molecule has 0 aromatic carbocycles. The van der Waals surface area contributed by atoms with Gasteiger partial charge in [0.2, 0.25) is 0 Å². The van der Waals surface area contributed by atoms with E-state index in [0.29, 0.717) is 7.92 Å². The van der Waals surface area contributed by atoms with Gasteiger partial charge in [-0.25, -0.2) is 0 Å². The Morgan fingerprint density at radius 3 is 2.00 bits per heavy atom. The molecule has 0 aromatic heterocycles. The van der Waals surface area contributed by atoms with Gasteiger partial charge in [0, 0.05) is 0 Å². The van der Waals surface area contributed by atoms with Crippen molar-refractivity contribution in [1.82, 2.24) is 0 Å². The second kappa shape index (κ2) is 2.72. The molecule has 2 fully saturated rings. The van der Waals surface area contributed by atoms with Crippen molar-refractivity contribution in [3.8, 4) is 0 Å². The number of hydrogen-bond acceptors (Lipinski definition) is 0. The molecule has 0 aliphatic heterocycles. The molecule has 2 unspecified atom stereocenters. The largest absolute Gasteiger partial charge is 0.106 e. The Hall–Kier alpha value is 0.430. The smallest absolute Gasteiger partial charge is 0.0168 e. The Balaban J connectivity index is 1.88. The quantitative estimate of drug-likeness (QED) is 0.600. The zero-order valence-electron chi connectivity index (χ0n) is 9.72. The Kier molecular flexibility index (Phi) is 2.09. The van der Waals surface area contributed by atoms with E-state index >= 15 is 0 Å². The van der Waals surface area contributed by atoms with Crippen LogP contribution in [-0.4, -0.2) is 18.5 Å². The summed E-state index contributed by atoms with van der Waals surface area (Å²) in [5, 5.41) is 0. The summed E-state index contributed by atoms with van der Waals surface area (Å²) in [7, 11) is 0.303. The van der Waals surface area contributed by atoms with E-state index in [4.69, 9.17) is 0 Å². The topological polar surface area (TPSA) is 0 Å². The fourth-order valence-electron chi connectivity index (χ4n) is 3.21. The maximum absolute atomic E-state index is 2.52. The first-order valence-electron chi connectivity index (χ1n) is 5.61. The fraction of sp³-hybridized carbons (Fsp3) is 1.00. The highest BCUT2D eigenvalue weighted by Crippen LogP contribution is 2.90. The minimum absolute atomic E-state index is 0.303. The summed E-state index contributed by atoms with van der Waals surface area (Å²) in [5.41, 5.74) is 2.71. The van der Waals surface area contributed by atoms with Crippen molar-refractivity contribution in [3.05, 3.63) is 0 Å². The lowest BCUT2D eigenvalue weighted by Crippen LogP contribution is -2.12. The highest BCUT2D eigenvalue weighted by Gasteiger charge is 2.81. The van der Waals surface area contributed by atoms with Gasteiger partial charge < -0.3 is 0 Å². The molecular formula is C12H23P. The highest BCUT2D eigenvalue weighted by molar-refractivity contribution is 7.57. The summed E-state index contributed by atoms with van der Waals surface area (Å²) in [6, 6.07) is 0. The molecule has 0 nitrogen and oxygen atoms in total. The molecule has 2 atom stereocenters. The lowest BCUT2D eigenvalue weighted by atomic mass is 10.1. The van der Waals surface area contributed by atoms with Crippen LogP contribution in [0, 0.1) is 16.7 Å². The van der Waals surface area contributed by atoms with Crippen LogP contribution in [-0.2, 0) is 0 Å². The maximum atomic E-state index is 2.52. The van der Waals surface area contributed by atoms with Crippen LogP contribution in [0.5, 0.6) is 0 Å². The summed E-state index contributed by atoms with van der Waals surface area (Å²) in [6.07, 6.45) is 4.58. The molecule has 0 N–H and O–H groups in total. The predicted molar refractivity (Wildman–Crippen MR) is 61.8 cm³/mol. The van der Waals surface area contributed by atoms with Crippen molar-refractivity contribution in [1.29, 1.82) is 0 Å². The summed E-state index contributed by atoms with van der Waals surface area (Å²) in [4.78, 5) is 0. The molecule has 0 aromatic rings. The Bertz CT molecular complexity index is 213. The number of hydrogen-bond donors (Lipinski definition) is 0. The van der Waals surface area contributed by atoms with Crippen molar-refractivity contribution < 1.29 is 0 Å². The van der Waals surface area contributed by atoms with Crippen LogP contribution in [0.4, 0.5) is 0 Å². The van der Waals surface area contributed by atoms with Crippen molar-refractivity contribution in [2.75, 3.05) is 12.8 Å². The van der Waals surface area contributed by atoms with E-state index in [2.05, 4.69) is 34.4 Å². The lowest BCUT2D eigenvalue weighted by molar-refractivity contribution is 0.621. The Morgan fingerprint density at radius 1 is 1.23 bits per heavy atom. The zero-order valence-corrected chi connectivity index (χ0v) is 10.6. The first kappa shape index (κ1) is 9.97. The number of fused-ring (bicyclic) bond motifs is 1. The summed E-state index contributed by atoms with van der Waals surface area (Å²) < 4.78 is 0. The van der Waals surface area contributed by atoms with Gasteiger partial charge in [0.25, 0.3) is 0 Å². The molecule has 0 spiro atoms.